The zero-order valence-corrected chi connectivity index (χ0v) is 10.6. The predicted molar refractivity (Wildman–Crippen MR) is 71.6 cm³/mol. The summed E-state index contributed by atoms with van der Waals surface area (Å²) in [5.41, 5.74) is 0.244. The van der Waals surface area contributed by atoms with Gasteiger partial charge in [-0.25, -0.2) is 4.68 Å². The summed E-state index contributed by atoms with van der Waals surface area (Å²) in [4.78, 5) is 32.9. The van der Waals surface area contributed by atoms with E-state index in [0.29, 0.717) is 24.1 Å². The smallest absolute Gasteiger partial charge is 0.277 e. The van der Waals surface area contributed by atoms with Gasteiger partial charge >= 0.3 is 0 Å². The van der Waals surface area contributed by atoms with Crippen LogP contribution in [0.2, 0.25) is 0 Å². The maximum Gasteiger partial charge on any atom is 0.277 e. The Kier molecular flexibility index (Phi) is 3.69. The molecule has 7 nitrogen and oxygen atoms in total. The van der Waals surface area contributed by atoms with Crippen molar-refractivity contribution in [2.45, 2.75) is 13.5 Å². The lowest BCUT2D eigenvalue weighted by Gasteiger charge is -2.06. The monoisotopic (exact) mass is 273 g/mol. The molecule has 1 heterocycles. The summed E-state index contributed by atoms with van der Waals surface area (Å²) in [5.74, 6) is 0. The van der Waals surface area contributed by atoms with Crippen LogP contribution in [-0.2, 0) is 6.54 Å². The third-order valence-electron chi connectivity index (χ3n) is 2.78. The molecule has 7 heteroatoms. The molecule has 0 aliphatic heterocycles. The van der Waals surface area contributed by atoms with Gasteiger partial charge in [-0.3, -0.25) is 19.7 Å². The predicted octanol–water partition coefficient (Wildman–Crippen LogP) is 1.65. The molecule has 1 aromatic carbocycles. The van der Waals surface area contributed by atoms with E-state index in [4.69, 9.17) is 0 Å². The van der Waals surface area contributed by atoms with Crippen LogP contribution in [0.1, 0.15) is 17.3 Å². The molecule has 0 saturated heterocycles. The maximum atomic E-state index is 11.8. The van der Waals surface area contributed by atoms with Crippen LogP contribution in [0.3, 0.4) is 0 Å². The van der Waals surface area contributed by atoms with Crippen LogP contribution in [-0.4, -0.2) is 21.0 Å². The number of carbonyl (C=O) groups excluding carboxylic acids is 1. The van der Waals surface area contributed by atoms with Crippen LogP contribution < -0.4 is 5.56 Å². The van der Waals surface area contributed by atoms with E-state index in [2.05, 4.69) is 5.10 Å². The van der Waals surface area contributed by atoms with Crippen molar-refractivity contribution in [2.24, 2.45) is 0 Å². The van der Waals surface area contributed by atoms with E-state index in [0.717, 1.165) is 4.68 Å². The molecule has 2 aromatic rings. The van der Waals surface area contributed by atoms with Crippen molar-refractivity contribution in [3.8, 4) is 11.3 Å². The highest BCUT2D eigenvalue weighted by atomic mass is 16.6. The van der Waals surface area contributed by atoms with Gasteiger partial charge in [-0.05, 0) is 13.0 Å². The molecule has 0 bridgehead atoms. The summed E-state index contributed by atoms with van der Waals surface area (Å²) >= 11 is 0. The zero-order chi connectivity index (χ0) is 14.7. The maximum absolute atomic E-state index is 11.8. The minimum atomic E-state index is -0.514. The summed E-state index contributed by atoms with van der Waals surface area (Å²) < 4.78 is 1.15. The summed E-state index contributed by atoms with van der Waals surface area (Å²) in [6.45, 7) is 2.03. The number of nitrogens with zero attached hydrogens (tertiary/aromatic N) is 3. The van der Waals surface area contributed by atoms with Gasteiger partial charge < -0.3 is 0 Å². The Balaban J connectivity index is 2.63. The van der Waals surface area contributed by atoms with Crippen LogP contribution >= 0.6 is 0 Å². The molecule has 0 aliphatic carbocycles. The lowest BCUT2D eigenvalue weighted by atomic mass is 10.1. The number of aldehydes is 1. The number of benzene rings is 1. The molecule has 0 N–H and O–H groups in total. The molecule has 0 spiro atoms. The minimum absolute atomic E-state index is 0.0247. The van der Waals surface area contributed by atoms with Gasteiger partial charge in [-0.1, -0.05) is 12.1 Å². The highest BCUT2D eigenvalue weighted by molar-refractivity contribution is 5.77. The molecule has 102 valence electrons. The Bertz CT molecular complexity index is 737. The molecule has 0 aliphatic rings. The van der Waals surface area contributed by atoms with E-state index in [1.165, 1.54) is 24.3 Å². The van der Waals surface area contributed by atoms with Gasteiger partial charge in [0.2, 0.25) is 0 Å². The molecule has 2 rings (SSSR count). The normalized spacial score (nSPS) is 10.2. The molecule has 0 radical (unpaired) electrons. The molecular weight excluding hydrogens is 262 g/mol. The number of nitro benzene ring substituents is 1. The highest BCUT2D eigenvalue weighted by Crippen LogP contribution is 2.21. The van der Waals surface area contributed by atoms with E-state index in [1.54, 1.807) is 13.0 Å². The van der Waals surface area contributed by atoms with Crippen LogP contribution in [0.15, 0.2) is 35.1 Å². The number of aromatic nitrogens is 2. The van der Waals surface area contributed by atoms with E-state index in [1.807, 2.05) is 0 Å². The quantitative estimate of drug-likeness (QED) is 0.479. The second-order valence-corrected chi connectivity index (χ2v) is 4.03. The summed E-state index contributed by atoms with van der Waals surface area (Å²) in [6, 6.07) is 7.20. The third kappa shape index (κ3) is 2.46. The number of rotatable bonds is 4. The van der Waals surface area contributed by atoms with Crippen molar-refractivity contribution in [3.63, 3.8) is 0 Å². The molecule has 0 fully saturated rings. The van der Waals surface area contributed by atoms with Gasteiger partial charge in [0.1, 0.15) is 0 Å². The second kappa shape index (κ2) is 5.43. The van der Waals surface area contributed by atoms with E-state index < -0.39 is 10.5 Å². The van der Waals surface area contributed by atoms with Crippen LogP contribution in [0.25, 0.3) is 11.3 Å². The first-order chi connectivity index (χ1) is 9.56. The van der Waals surface area contributed by atoms with E-state index >= 15 is 0 Å². The Morgan fingerprint density at radius 1 is 1.40 bits per heavy atom. The van der Waals surface area contributed by atoms with Gasteiger partial charge in [-0.15, -0.1) is 0 Å². The van der Waals surface area contributed by atoms with Crippen molar-refractivity contribution < 1.29 is 9.72 Å². The lowest BCUT2D eigenvalue weighted by Crippen LogP contribution is -2.25. The molecule has 0 saturated carbocycles. The van der Waals surface area contributed by atoms with E-state index in [9.17, 15) is 19.7 Å². The fourth-order valence-corrected chi connectivity index (χ4v) is 1.78. The average Bonchev–Trinajstić information content (AvgIpc) is 2.47. The molecule has 1 aromatic heterocycles. The first-order valence-corrected chi connectivity index (χ1v) is 5.89. The topological polar surface area (TPSA) is 95.1 Å². The number of hydrogen-bond donors (Lipinski definition) is 0. The van der Waals surface area contributed by atoms with Gasteiger partial charge in [0.05, 0.1) is 16.2 Å². The molecule has 0 atom stereocenters. The first kappa shape index (κ1) is 13.6. The fraction of sp³-hybridized carbons (Fsp3) is 0.154. The Labute approximate surface area is 113 Å². The summed E-state index contributed by atoms with van der Waals surface area (Å²) in [7, 11) is 0. The number of aryl methyl sites for hydroxylation is 1. The van der Waals surface area contributed by atoms with Gasteiger partial charge in [0.15, 0.2) is 6.29 Å². The van der Waals surface area contributed by atoms with Crippen molar-refractivity contribution in [2.75, 3.05) is 0 Å². The number of non-ortho nitro benzene ring substituents is 1. The summed E-state index contributed by atoms with van der Waals surface area (Å²) in [5, 5.41) is 14.9. The van der Waals surface area contributed by atoms with Crippen molar-refractivity contribution >= 4 is 12.0 Å². The second-order valence-electron chi connectivity index (χ2n) is 4.03. The van der Waals surface area contributed by atoms with Gasteiger partial charge in [0, 0.05) is 24.2 Å². The van der Waals surface area contributed by atoms with Crippen molar-refractivity contribution in [1.82, 2.24) is 9.78 Å². The average molecular weight is 273 g/mol. The standard InChI is InChI=1S/C13H11N3O4/c1-2-15-13(18)10(8-17)7-12(14-15)9-4-3-5-11(6-9)16(19)20/h3-8H,2H2,1H3. The molecular formula is C13H11N3O4. The van der Waals surface area contributed by atoms with Crippen LogP contribution in [0, 0.1) is 10.1 Å². The highest BCUT2D eigenvalue weighted by Gasteiger charge is 2.11. The molecule has 20 heavy (non-hydrogen) atoms. The number of hydrogen-bond acceptors (Lipinski definition) is 5. The zero-order valence-electron chi connectivity index (χ0n) is 10.6. The first-order valence-electron chi connectivity index (χ1n) is 5.89. The molecule has 0 unspecified atom stereocenters. The Morgan fingerprint density at radius 3 is 2.75 bits per heavy atom. The number of carbonyl (C=O) groups is 1. The number of nitro groups is 1. The fourth-order valence-electron chi connectivity index (χ4n) is 1.78. The van der Waals surface area contributed by atoms with Crippen LogP contribution in [0.4, 0.5) is 5.69 Å². The molecule has 0 amide bonds. The van der Waals surface area contributed by atoms with Crippen molar-refractivity contribution in [3.05, 3.63) is 56.4 Å². The summed E-state index contributed by atoms with van der Waals surface area (Å²) in [6.07, 6.45) is 0.455. The SMILES string of the molecule is CCn1nc(-c2cccc([N+](=O)[O-])c2)cc(C=O)c1=O. The Morgan fingerprint density at radius 2 is 2.15 bits per heavy atom. The lowest BCUT2D eigenvalue weighted by molar-refractivity contribution is -0.384. The van der Waals surface area contributed by atoms with Crippen molar-refractivity contribution in [1.29, 1.82) is 0 Å². The Hall–Kier alpha value is -2.83. The third-order valence-corrected chi connectivity index (χ3v) is 2.78. The largest absolute Gasteiger partial charge is 0.298 e. The van der Waals surface area contributed by atoms with Gasteiger partial charge in [-0.2, -0.15) is 5.10 Å². The van der Waals surface area contributed by atoms with Gasteiger partial charge in [0.25, 0.3) is 11.2 Å². The van der Waals surface area contributed by atoms with Crippen LogP contribution in [0.5, 0.6) is 0 Å². The minimum Gasteiger partial charge on any atom is -0.298 e. The van der Waals surface area contributed by atoms with E-state index in [-0.39, 0.29) is 11.3 Å².